The minimum atomic E-state index is -0.572. The molecule has 5 rings (SSSR count). The first-order chi connectivity index (χ1) is 14.2. The lowest BCUT2D eigenvalue weighted by Gasteiger charge is -2.63. The summed E-state index contributed by atoms with van der Waals surface area (Å²) in [6.45, 7) is 7.35. The van der Waals surface area contributed by atoms with Gasteiger partial charge in [0.1, 0.15) is 0 Å². The number of fused-ring (bicyclic) bond motifs is 5. The number of aliphatic imine (C=N–C) groups is 1. The van der Waals surface area contributed by atoms with Gasteiger partial charge >= 0.3 is 0 Å². The van der Waals surface area contributed by atoms with Crippen LogP contribution in [0.5, 0.6) is 0 Å². The number of nitrogens with two attached hydrogens (primary N) is 2. The van der Waals surface area contributed by atoms with Crippen LogP contribution in [0.15, 0.2) is 10.4 Å². The first-order valence-corrected chi connectivity index (χ1v) is 12.8. The highest BCUT2D eigenvalue weighted by atomic mass is 32.1. The zero-order valence-electron chi connectivity index (χ0n) is 18.7. The Balaban J connectivity index is 1.45. The van der Waals surface area contributed by atoms with E-state index >= 15 is 0 Å². The molecule has 4 aliphatic carbocycles. The monoisotopic (exact) mass is 430 g/mol. The highest BCUT2D eigenvalue weighted by molar-refractivity contribution is 7.13. The van der Waals surface area contributed by atoms with Gasteiger partial charge in [-0.3, -0.25) is 0 Å². The topological polar surface area (TPSA) is 97.5 Å². The Labute approximate surface area is 184 Å². The van der Waals surface area contributed by atoms with Crippen LogP contribution in [0, 0.1) is 34.5 Å². The predicted molar refractivity (Wildman–Crippen MR) is 123 cm³/mol. The van der Waals surface area contributed by atoms with Gasteiger partial charge in [-0.25, -0.2) is 4.98 Å². The molecule has 5 nitrogen and oxygen atoms in total. The largest absolute Gasteiger partial charge is 0.389 e. The van der Waals surface area contributed by atoms with Crippen LogP contribution in [0.1, 0.15) is 90.2 Å². The van der Waals surface area contributed by atoms with E-state index in [4.69, 9.17) is 16.5 Å². The number of rotatable bonds is 2. The Morgan fingerprint density at radius 2 is 1.90 bits per heavy atom. The van der Waals surface area contributed by atoms with E-state index in [0.717, 1.165) is 36.8 Å². The summed E-state index contributed by atoms with van der Waals surface area (Å²) >= 11 is 1.50. The van der Waals surface area contributed by atoms with Crippen LogP contribution in [0.3, 0.4) is 0 Å². The van der Waals surface area contributed by atoms with E-state index in [1.165, 1.54) is 49.9 Å². The third-order valence-corrected chi connectivity index (χ3v) is 11.0. The minimum absolute atomic E-state index is 0.0531. The van der Waals surface area contributed by atoms with E-state index in [-0.39, 0.29) is 11.4 Å². The van der Waals surface area contributed by atoms with Crippen LogP contribution in [0.2, 0.25) is 0 Å². The van der Waals surface area contributed by atoms with E-state index < -0.39 is 5.60 Å². The fourth-order valence-electron chi connectivity index (χ4n) is 8.51. The van der Waals surface area contributed by atoms with Gasteiger partial charge in [0.2, 0.25) is 5.13 Å². The lowest BCUT2D eigenvalue weighted by atomic mass is 9.43. The Hall–Kier alpha value is -1.14. The van der Waals surface area contributed by atoms with Crippen molar-refractivity contribution in [3.8, 4) is 0 Å². The van der Waals surface area contributed by atoms with E-state index in [2.05, 4.69) is 31.1 Å². The molecule has 0 spiro atoms. The summed E-state index contributed by atoms with van der Waals surface area (Å²) in [5.41, 5.74) is 11.9. The third kappa shape index (κ3) is 2.82. The number of aromatic nitrogens is 1. The number of thiazole rings is 1. The van der Waals surface area contributed by atoms with Gasteiger partial charge in [-0.05, 0) is 80.5 Å². The van der Waals surface area contributed by atoms with Crippen molar-refractivity contribution in [1.29, 1.82) is 0 Å². The summed E-state index contributed by atoms with van der Waals surface area (Å²) in [5, 5.41) is 15.0. The smallest absolute Gasteiger partial charge is 0.212 e. The highest BCUT2D eigenvalue weighted by Crippen LogP contribution is 2.70. The van der Waals surface area contributed by atoms with Crippen LogP contribution in [0.25, 0.3) is 0 Å². The molecule has 5 N–H and O–H groups in total. The predicted octanol–water partition coefficient (Wildman–Crippen LogP) is 4.93. The maximum Gasteiger partial charge on any atom is 0.212 e. The summed E-state index contributed by atoms with van der Waals surface area (Å²) in [6.07, 6.45) is 10.9. The van der Waals surface area contributed by atoms with Crippen molar-refractivity contribution in [1.82, 2.24) is 4.98 Å². The maximum absolute atomic E-state index is 12.3. The zero-order valence-corrected chi connectivity index (χ0v) is 19.5. The number of nitrogens with zero attached hydrogens (tertiary/aromatic N) is 2. The first-order valence-electron chi connectivity index (χ1n) is 11.9. The van der Waals surface area contributed by atoms with E-state index in [9.17, 15) is 5.11 Å². The van der Waals surface area contributed by atoms with Crippen LogP contribution in [0.4, 0.5) is 5.13 Å². The maximum atomic E-state index is 12.3. The average Bonchev–Trinajstić information content (AvgIpc) is 3.23. The van der Waals surface area contributed by atoms with Crippen molar-refractivity contribution in [3.63, 3.8) is 0 Å². The number of hydrogen-bond acceptors (Lipinski definition) is 4. The van der Waals surface area contributed by atoms with E-state index in [1.54, 1.807) is 0 Å². The first kappa shape index (κ1) is 20.7. The molecule has 0 amide bonds. The van der Waals surface area contributed by atoms with E-state index in [0.29, 0.717) is 28.3 Å². The second kappa shape index (κ2) is 6.93. The van der Waals surface area contributed by atoms with Crippen LogP contribution >= 0.6 is 11.3 Å². The van der Waals surface area contributed by atoms with Gasteiger partial charge in [-0.2, -0.15) is 4.99 Å². The molecule has 1 aromatic rings. The fraction of sp³-hybridized carbons (Fsp3) is 0.833. The molecule has 4 fully saturated rings. The summed E-state index contributed by atoms with van der Waals surface area (Å²) < 4.78 is 0. The summed E-state index contributed by atoms with van der Waals surface area (Å²) in [5.74, 6) is 3.18. The molecule has 0 radical (unpaired) electrons. The Bertz CT molecular complexity index is 850. The van der Waals surface area contributed by atoms with Gasteiger partial charge in [0.05, 0.1) is 11.3 Å². The Kier molecular flexibility index (Phi) is 4.79. The van der Waals surface area contributed by atoms with Crippen molar-refractivity contribution in [2.75, 3.05) is 0 Å². The molecular weight excluding hydrogens is 392 g/mol. The van der Waals surface area contributed by atoms with Gasteiger partial charge in [-0.1, -0.05) is 27.2 Å². The van der Waals surface area contributed by atoms with Crippen molar-refractivity contribution in [2.24, 2.45) is 51.0 Å². The molecule has 2 unspecified atom stereocenters. The standard InChI is InChI=1S/C24H38N4OS/c1-14-6-9-22(2)15(12-14)4-5-17-16(22)7-10-23(3)18(8-11-24(17,23)29)19-13-30-21(27-19)28-20(25)26/h13-18,29H,4-12H2,1-3H3,(H4,25,26,27,28)/t14-,15+,16?,17?,18+,22-,23+,24-/m0/s1. The summed E-state index contributed by atoms with van der Waals surface area (Å²) in [4.78, 5) is 8.89. The lowest BCUT2D eigenvalue weighted by Crippen LogP contribution is -2.61. The molecule has 1 aromatic heterocycles. The summed E-state index contributed by atoms with van der Waals surface area (Å²) in [6, 6.07) is 0. The van der Waals surface area contributed by atoms with Gasteiger partial charge in [-0.15, -0.1) is 11.3 Å². The fourth-order valence-corrected chi connectivity index (χ4v) is 9.27. The van der Waals surface area contributed by atoms with Gasteiger partial charge in [0.25, 0.3) is 0 Å². The van der Waals surface area contributed by atoms with Crippen molar-refractivity contribution in [2.45, 2.75) is 90.1 Å². The zero-order chi connectivity index (χ0) is 21.3. The molecule has 0 aromatic carbocycles. The van der Waals surface area contributed by atoms with Crippen LogP contribution in [-0.2, 0) is 0 Å². The molecule has 0 saturated heterocycles. The molecule has 166 valence electrons. The number of guanidine groups is 1. The molecule has 30 heavy (non-hydrogen) atoms. The van der Waals surface area contributed by atoms with Crippen LogP contribution in [-0.4, -0.2) is 21.7 Å². The Morgan fingerprint density at radius 3 is 2.67 bits per heavy atom. The molecule has 0 aliphatic heterocycles. The van der Waals surface area contributed by atoms with Crippen molar-refractivity contribution in [3.05, 3.63) is 11.1 Å². The third-order valence-electron chi connectivity index (χ3n) is 10.2. The molecule has 1 heterocycles. The van der Waals surface area contributed by atoms with Crippen LogP contribution < -0.4 is 11.5 Å². The highest BCUT2D eigenvalue weighted by Gasteiger charge is 2.67. The second-order valence-corrected chi connectivity index (χ2v) is 12.3. The molecule has 4 saturated carbocycles. The minimum Gasteiger partial charge on any atom is -0.389 e. The van der Waals surface area contributed by atoms with Crippen molar-refractivity contribution < 1.29 is 5.11 Å². The van der Waals surface area contributed by atoms with Gasteiger partial charge in [0.15, 0.2) is 5.96 Å². The Morgan fingerprint density at radius 1 is 1.10 bits per heavy atom. The lowest BCUT2D eigenvalue weighted by molar-refractivity contribution is -0.203. The molecular formula is C24H38N4OS. The van der Waals surface area contributed by atoms with Gasteiger partial charge in [0, 0.05) is 16.7 Å². The van der Waals surface area contributed by atoms with Crippen molar-refractivity contribution >= 4 is 22.4 Å². The van der Waals surface area contributed by atoms with Gasteiger partial charge < -0.3 is 16.6 Å². The number of aliphatic hydroxyl groups is 1. The normalized spacial score (nSPS) is 47.8. The quantitative estimate of drug-likeness (QED) is 0.458. The SMILES string of the molecule is C[C@H]1CC[C@]2(C)C3CC[C@]4(C)[C@@H](c5csc(N=C(N)N)n5)CC[C@]4(O)C3CC[C@@H]2C1. The number of hydrogen-bond donors (Lipinski definition) is 3. The molecule has 6 heteroatoms. The molecule has 4 aliphatic rings. The van der Waals surface area contributed by atoms with E-state index in [1.807, 2.05) is 0 Å². The summed E-state index contributed by atoms with van der Waals surface area (Å²) in [7, 11) is 0. The average molecular weight is 431 g/mol. The molecule has 8 atom stereocenters. The second-order valence-electron chi connectivity index (χ2n) is 11.4. The molecule has 0 bridgehead atoms.